The van der Waals surface area contributed by atoms with Gasteiger partial charge in [-0.2, -0.15) is 0 Å². The first-order valence-corrected chi connectivity index (χ1v) is 7.26. The molecule has 4 rings (SSSR count). The van der Waals surface area contributed by atoms with Gasteiger partial charge in [-0.1, -0.05) is 48.5 Å². The summed E-state index contributed by atoms with van der Waals surface area (Å²) in [6, 6.07) is 19.9. The Balaban J connectivity index is 1.73. The number of carbonyl (C=O) groups is 1. The van der Waals surface area contributed by atoms with Gasteiger partial charge in [0.05, 0.1) is 11.7 Å². The molecule has 1 saturated heterocycles. The van der Waals surface area contributed by atoms with E-state index in [4.69, 9.17) is 9.57 Å². The molecule has 2 aliphatic heterocycles. The van der Waals surface area contributed by atoms with Crippen molar-refractivity contribution < 1.29 is 14.4 Å². The van der Waals surface area contributed by atoms with E-state index in [1.165, 1.54) is 6.08 Å². The van der Waals surface area contributed by atoms with Crippen molar-refractivity contribution in [3.8, 4) is 0 Å². The Kier molecular flexibility index (Phi) is 2.98. The van der Waals surface area contributed by atoms with E-state index >= 15 is 0 Å². The molecule has 4 heteroatoms. The minimum atomic E-state index is -0.993. The summed E-state index contributed by atoms with van der Waals surface area (Å²) >= 11 is 0. The molecule has 1 spiro atoms. The van der Waals surface area contributed by atoms with Gasteiger partial charge in [0.1, 0.15) is 0 Å². The summed E-state index contributed by atoms with van der Waals surface area (Å²) in [5, 5.41) is 1.83. The molecule has 0 N–H and O–H groups in total. The van der Waals surface area contributed by atoms with E-state index in [0.29, 0.717) is 6.42 Å². The molecule has 4 nitrogen and oxygen atoms in total. The fourth-order valence-electron chi connectivity index (χ4n) is 2.95. The number of rotatable bonds is 2. The Hall–Kier alpha value is -2.59. The first-order valence-electron chi connectivity index (χ1n) is 7.26. The Labute approximate surface area is 128 Å². The van der Waals surface area contributed by atoms with Gasteiger partial charge in [-0.05, 0) is 23.8 Å². The number of para-hydroxylation sites is 1. The Bertz CT molecular complexity index is 664. The molecular weight excluding hydrogens is 278 g/mol. The lowest BCUT2D eigenvalue weighted by molar-refractivity contribution is -0.185. The van der Waals surface area contributed by atoms with Crippen LogP contribution in [-0.4, -0.2) is 11.8 Å². The molecule has 22 heavy (non-hydrogen) atoms. The number of esters is 1. The lowest BCUT2D eigenvalue weighted by atomic mass is 9.99. The summed E-state index contributed by atoms with van der Waals surface area (Å²) in [7, 11) is 0. The van der Waals surface area contributed by atoms with Gasteiger partial charge in [0.25, 0.3) is 5.79 Å². The third kappa shape index (κ3) is 2.18. The van der Waals surface area contributed by atoms with Crippen molar-refractivity contribution >= 4 is 11.7 Å². The van der Waals surface area contributed by atoms with Crippen molar-refractivity contribution in [2.45, 2.75) is 18.2 Å². The maximum atomic E-state index is 11.5. The van der Waals surface area contributed by atoms with Crippen molar-refractivity contribution in [2.24, 2.45) is 0 Å². The third-order valence-corrected chi connectivity index (χ3v) is 3.96. The molecule has 0 bridgehead atoms. The van der Waals surface area contributed by atoms with Crippen LogP contribution in [0.1, 0.15) is 18.0 Å². The molecule has 2 aromatic carbocycles. The number of anilines is 1. The number of hydrogen-bond acceptors (Lipinski definition) is 4. The van der Waals surface area contributed by atoms with Crippen molar-refractivity contribution in [3.05, 3.63) is 78.4 Å². The molecule has 0 saturated carbocycles. The summed E-state index contributed by atoms with van der Waals surface area (Å²) in [4.78, 5) is 17.5. The number of hydroxylamine groups is 1. The molecule has 110 valence electrons. The van der Waals surface area contributed by atoms with E-state index < -0.39 is 5.79 Å². The van der Waals surface area contributed by atoms with Gasteiger partial charge in [-0.15, -0.1) is 0 Å². The van der Waals surface area contributed by atoms with Crippen LogP contribution in [-0.2, 0) is 14.4 Å². The van der Waals surface area contributed by atoms with Gasteiger partial charge in [-0.3, -0.25) is 0 Å². The number of benzene rings is 2. The predicted octanol–water partition coefficient (Wildman–Crippen LogP) is 3.38. The van der Waals surface area contributed by atoms with E-state index in [0.717, 1.165) is 11.3 Å². The van der Waals surface area contributed by atoms with Crippen LogP contribution >= 0.6 is 0 Å². The summed E-state index contributed by atoms with van der Waals surface area (Å²) in [6.07, 6.45) is 3.69. The van der Waals surface area contributed by atoms with Gasteiger partial charge in [0, 0.05) is 12.5 Å². The van der Waals surface area contributed by atoms with E-state index in [1.54, 1.807) is 6.08 Å². The van der Waals surface area contributed by atoms with Gasteiger partial charge >= 0.3 is 5.97 Å². The fourth-order valence-corrected chi connectivity index (χ4v) is 2.95. The van der Waals surface area contributed by atoms with E-state index in [-0.39, 0.29) is 12.0 Å². The van der Waals surface area contributed by atoms with Crippen LogP contribution in [0.15, 0.2) is 72.8 Å². The average molecular weight is 293 g/mol. The molecule has 0 aliphatic carbocycles. The molecule has 1 fully saturated rings. The van der Waals surface area contributed by atoms with E-state index in [1.807, 2.05) is 53.6 Å². The monoisotopic (exact) mass is 293 g/mol. The molecule has 0 unspecified atom stereocenters. The molecule has 2 aromatic rings. The fraction of sp³-hybridized carbons (Fsp3) is 0.167. The second-order valence-corrected chi connectivity index (χ2v) is 5.45. The van der Waals surface area contributed by atoms with E-state index in [2.05, 4.69) is 12.1 Å². The van der Waals surface area contributed by atoms with Gasteiger partial charge < -0.3 is 4.74 Å². The smallest absolute Gasteiger partial charge is 0.333 e. The van der Waals surface area contributed by atoms with E-state index in [9.17, 15) is 4.79 Å². The van der Waals surface area contributed by atoms with Gasteiger partial charge in [0.15, 0.2) is 0 Å². The lowest BCUT2D eigenvalue weighted by Crippen LogP contribution is -2.30. The second kappa shape index (κ2) is 5.00. The van der Waals surface area contributed by atoms with Crippen LogP contribution in [0.4, 0.5) is 5.69 Å². The summed E-state index contributed by atoms with van der Waals surface area (Å²) in [6.45, 7) is 0. The molecule has 2 heterocycles. The maximum absolute atomic E-state index is 11.5. The molecule has 0 aromatic heterocycles. The third-order valence-electron chi connectivity index (χ3n) is 3.96. The SMILES string of the molecule is O=C1C=C[C@@]2(C[C@H](c3ccccc3)N(c3ccccc3)O2)O1. The van der Waals surface area contributed by atoms with Crippen molar-refractivity contribution in [2.75, 3.05) is 5.06 Å². The Morgan fingerprint density at radius 2 is 1.68 bits per heavy atom. The molecular formula is C18H15NO3. The highest BCUT2D eigenvalue weighted by molar-refractivity contribution is 5.85. The van der Waals surface area contributed by atoms with Crippen molar-refractivity contribution in [3.63, 3.8) is 0 Å². The number of nitrogens with zero attached hydrogens (tertiary/aromatic N) is 1. The lowest BCUT2D eigenvalue weighted by Gasteiger charge is -2.25. The molecule has 2 atom stereocenters. The van der Waals surface area contributed by atoms with Crippen LogP contribution in [0.3, 0.4) is 0 Å². The maximum Gasteiger partial charge on any atom is 0.333 e. The first kappa shape index (κ1) is 13.1. The molecule has 0 amide bonds. The quantitative estimate of drug-likeness (QED) is 0.796. The minimum Gasteiger partial charge on any atom is -0.424 e. The summed E-state index contributed by atoms with van der Waals surface area (Å²) in [5.41, 5.74) is 2.06. The van der Waals surface area contributed by atoms with Crippen LogP contribution in [0.5, 0.6) is 0 Å². The zero-order chi connectivity index (χ0) is 15.0. The highest BCUT2D eigenvalue weighted by Gasteiger charge is 2.50. The molecule has 0 radical (unpaired) electrons. The van der Waals surface area contributed by atoms with Gasteiger partial charge in [-0.25, -0.2) is 14.7 Å². The van der Waals surface area contributed by atoms with Crippen molar-refractivity contribution in [1.82, 2.24) is 0 Å². The van der Waals surface area contributed by atoms with Crippen molar-refractivity contribution in [1.29, 1.82) is 0 Å². The average Bonchev–Trinajstić information content (AvgIpc) is 3.12. The highest BCUT2D eigenvalue weighted by Crippen LogP contribution is 2.45. The predicted molar refractivity (Wildman–Crippen MR) is 81.8 cm³/mol. The van der Waals surface area contributed by atoms with Crippen LogP contribution in [0.2, 0.25) is 0 Å². The topological polar surface area (TPSA) is 38.8 Å². The summed E-state index contributed by atoms with van der Waals surface area (Å²) in [5.74, 6) is -1.35. The standard InChI is InChI=1S/C18H15NO3/c20-17-11-12-18(21-17)13-16(14-7-3-1-4-8-14)19(22-18)15-9-5-2-6-10-15/h1-12,16H,13H2/t16-,18-/m1/s1. The van der Waals surface area contributed by atoms with Gasteiger partial charge in [0.2, 0.25) is 0 Å². The Morgan fingerprint density at radius 1 is 1.00 bits per heavy atom. The molecule has 2 aliphatic rings. The largest absolute Gasteiger partial charge is 0.424 e. The minimum absolute atomic E-state index is 0.0147. The number of hydrogen-bond donors (Lipinski definition) is 0. The first-order chi connectivity index (χ1) is 10.8. The van der Waals surface area contributed by atoms with Crippen LogP contribution in [0, 0.1) is 0 Å². The number of ether oxygens (including phenoxy) is 1. The van der Waals surface area contributed by atoms with Crippen LogP contribution in [0.25, 0.3) is 0 Å². The van der Waals surface area contributed by atoms with Crippen LogP contribution < -0.4 is 5.06 Å². The zero-order valence-corrected chi connectivity index (χ0v) is 11.9. The zero-order valence-electron chi connectivity index (χ0n) is 11.9. The summed E-state index contributed by atoms with van der Waals surface area (Å²) < 4.78 is 5.40. The normalized spacial score (nSPS) is 26.6. The highest BCUT2D eigenvalue weighted by atomic mass is 16.8. The Morgan fingerprint density at radius 3 is 2.32 bits per heavy atom. The number of carbonyl (C=O) groups excluding carboxylic acids is 1. The second-order valence-electron chi connectivity index (χ2n) is 5.45.